The lowest BCUT2D eigenvalue weighted by molar-refractivity contribution is -0.119. The fraction of sp³-hybridized carbons (Fsp3) is 0.263. The first kappa shape index (κ1) is 15.9. The molecule has 0 bridgehead atoms. The number of ether oxygens (including phenoxy) is 1. The second-order valence-corrected chi connectivity index (χ2v) is 5.79. The number of anilines is 1. The van der Waals surface area contributed by atoms with Gasteiger partial charge in [-0.1, -0.05) is 12.0 Å². The zero-order valence-corrected chi connectivity index (χ0v) is 13.9. The third kappa shape index (κ3) is 2.79. The Morgan fingerprint density at radius 1 is 1.42 bits per heavy atom. The van der Waals surface area contributed by atoms with Crippen LogP contribution in [0.15, 0.2) is 47.2 Å². The topological polar surface area (TPSA) is 53.9 Å². The smallest absolute Gasteiger partial charge is 0.235 e. The summed E-state index contributed by atoms with van der Waals surface area (Å²) in [5.41, 5.74) is 3.29. The van der Waals surface area contributed by atoms with Crippen molar-refractivity contribution in [1.82, 2.24) is 4.90 Å². The van der Waals surface area contributed by atoms with Crippen LogP contribution in [0.2, 0.25) is 0 Å². The van der Waals surface area contributed by atoms with E-state index >= 15 is 0 Å². The molecule has 1 aromatic rings. The van der Waals surface area contributed by atoms with Gasteiger partial charge in [0.1, 0.15) is 11.9 Å². The SMILES string of the molecule is C#Cc1ccc(NC(=O)C2C=CN3C(C)=CC(C)=NC23)c(OC)c1. The summed E-state index contributed by atoms with van der Waals surface area (Å²) in [5, 5.41) is 2.92. The van der Waals surface area contributed by atoms with Crippen LogP contribution in [-0.4, -0.2) is 29.8 Å². The number of benzene rings is 1. The second kappa shape index (κ2) is 6.25. The molecular weight excluding hydrogens is 302 g/mol. The quantitative estimate of drug-likeness (QED) is 0.871. The van der Waals surface area contributed by atoms with Gasteiger partial charge in [-0.15, -0.1) is 6.42 Å². The number of aliphatic imine (C=N–C) groups is 1. The van der Waals surface area contributed by atoms with Gasteiger partial charge in [-0.25, -0.2) is 0 Å². The first-order valence-electron chi connectivity index (χ1n) is 7.68. The minimum atomic E-state index is -0.361. The van der Waals surface area contributed by atoms with Crippen molar-refractivity contribution in [2.45, 2.75) is 20.0 Å². The molecule has 0 fully saturated rings. The number of carbonyl (C=O) groups excluding carboxylic acids is 1. The first-order chi connectivity index (χ1) is 11.5. The predicted octanol–water partition coefficient (Wildman–Crippen LogP) is 2.76. The van der Waals surface area contributed by atoms with Crippen LogP contribution in [-0.2, 0) is 4.79 Å². The number of fused-ring (bicyclic) bond motifs is 1. The number of carbonyl (C=O) groups is 1. The maximum atomic E-state index is 12.7. The number of methoxy groups -OCH3 is 1. The van der Waals surface area contributed by atoms with Crippen molar-refractivity contribution in [2.75, 3.05) is 12.4 Å². The molecule has 5 heteroatoms. The molecule has 5 nitrogen and oxygen atoms in total. The standard InChI is InChI=1S/C19H19N3O2/c1-5-14-6-7-16(17(11-14)24-4)21-19(23)15-8-9-22-13(3)10-12(2)20-18(15)22/h1,6-11,15,18H,2-4H3,(H,21,23). The van der Waals surface area contributed by atoms with E-state index in [1.807, 2.05) is 37.1 Å². The Hall–Kier alpha value is -3.00. The van der Waals surface area contributed by atoms with Crippen molar-refractivity contribution in [3.8, 4) is 18.1 Å². The number of rotatable bonds is 3. The van der Waals surface area contributed by atoms with E-state index in [4.69, 9.17) is 11.2 Å². The van der Waals surface area contributed by atoms with Gasteiger partial charge in [-0.3, -0.25) is 9.79 Å². The first-order valence-corrected chi connectivity index (χ1v) is 7.68. The molecule has 2 atom stereocenters. The normalized spacial score (nSPS) is 21.5. The van der Waals surface area contributed by atoms with Crippen LogP contribution >= 0.6 is 0 Å². The molecule has 2 heterocycles. The van der Waals surface area contributed by atoms with Gasteiger partial charge in [0.2, 0.25) is 5.91 Å². The van der Waals surface area contributed by atoms with Crippen molar-refractivity contribution >= 4 is 17.3 Å². The maximum absolute atomic E-state index is 12.7. The zero-order chi connectivity index (χ0) is 17.3. The van der Waals surface area contributed by atoms with Crippen LogP contribution < -0.4 is 10.1 Å². The summed E-state index contributed by atoms with van der Waals surface area (Å²) >= 11 is 0. The van der Waals surface area contributed by atoms with Crippen LogP contribution in [0.4, 0.5) is 5.69 Å². The molecule has 24 heavy (non-hydrogen) atoms. The van der Waals surface area contributed by atoms with Gasteiger partial charge in [0, 0.05) is 23.2 Å². The number of hydrogen-bond acceptors (Lipinski definition) is 4. The lowest BCUT2D eigenvalue weighted by atomic mass is 10.1. The van der Waals surface area contributed by atoms with Crippen LogP contribution in [0.5, 0.6) is 5.75 Å². The average molecular weight is 321 g/mol. The number of nitrogens with one attached hydrogen (secondary N) is 1. The Balaban J connectivity index is 1.81. The maximum Gasteiger partial charge on any atom is 0.235 e. The average Bonchev–Trinajstić information content (AvgIpc) is 2.99. The van der Waals surface area contributed by atoms with E-state index in [0.717, 1.165) is 11.4 Å². The highest BCUT2D eigenvalue weighted by Gasteiger charge is 2.36. The number of allylic oxidation sites excluding steroid dienone is 2. The summed E-state index contributed by atoms with van der Waals surface area (Å²) < 4.78 is 5.32. The van der Waals surface area contributed by atoms with E-state index in [-0.39, 0.29) is 18.0 Å². The van der Waals surface area contributed by atoms with Crippen molar-refractivity contribution < 1.29 is 9.53 Å². The van der Waals surface area contributed by atoms with E-state index in [0.29, 0.717) is 17.0 Å². The van der Waals surface area contributed by atoms with Gasteiger partial charge in [-0.2, -0.15) is 0 Å². The van der Waals surface area contributed by atoms with E-state index in [1.165, 1.54) is 0 Å². The number of terminal acetylenes is 1. The molecule has 0 aliphatic carbocycles. The molecule has 0 saturated heterocycles. The molecule has 3 rings (SSSR count). The molecule has 2 aliphatic heterocycles. The van der Waals surface area contributed by atoms with E-state index in [1.54, 1.807) is 25.3 Å². The predicted molar refractivity (Wildman–Crippen MR) is 94.7 cm³/mol. The molecule has 0 radical (unpaired) electrons. The third-order valence-corrected chi connectivity index (χ3v) is 4.15. The molecule has 1 amide bonds. The van der Waals surface area contributed by atoms with Crippen LogP contribution in [0, 0.1) is 18.3 Å². The van der Waals surface area contributed by atoms with Gasteiger partial charge in [0.25, 0.3) is 0 Å². The molecule has 0 saturated carbocycles. The fourth-order valence-electron chi connectivity index (χ4n) is 2.96. The zero-order valence-electron chi connectivity index (χ0n) is 13.9. The molecule has 0 spiro atoms. The Morgan fingerprint density at radius 3 is 2.92 bits per heavy atom. The second-order valence-electron chi connectivity index (χ2n) is 5.79. The Morgan fingerprint density at radius 2 is 2.21 bits per heavy atom. The largest absolute Gasteiger partial charge is 0.495 e. The third-order valence-electron chi connectivity index (χ3n) is 4.15. The van der Waals surface area contributed by atoms with E-state index in [9.17, 15) is 4.79 Å². The van der Waals surface area contributed by atoms with Gasteiger partial charge in [0.15, 0.2) is 0 Å². The van der Waals surface area contributed by atoms with E-state index in [2.05, 4.69) is 16.2 Å². The molecule has 1 N–H and O–H groups in total. The van der Waals surface area contributed by atoms with Gasteiger partial charge in [-0.05, 0) is 38.1 Å². The Kier molecular flexibility index (Phi) is 4.13. The molecule has 122 valence electrons. The molecule has 0 aromatic heterocycles. The monoisotopic (exact) mass is 321 g/mol. The highest BCUT2D eigenvalue weighted by atomic mass is 16.5. The van der Waals surface area contributed by atoms with Gasteiger partial charge in [0.05, 0.1) is 18.7 Å². The van der Waals surface area contributed by atoms with Crippen LogP contribution in [0.1, 0.15) is 19.4 Å². The molecule has 2 aliphatic rings. The van der Waals surface area contributed by atoms with Crippen molar-refractivity contribution in [1.29, 1.82) is 0 Å². The molecule has 2 unspecified atom stereocenters. The highest BCUT2D eigenvalue weighted by molar-refractivity contribution is 5.98. The van der Waals surface area contributed by atoms with Crippen LogP contribution in [0.3, 0.4) is 0 Å². The highest BCUT2D eigenvalue weighted by Crippen LogP contribution is 2.32. The van der Waals surface area contributed by atoms with Crippen molar-refractivity contribution in [3.05, 3.63) is 47.8 Å². The summed E-state index contributed by atoms with van der Waals surface area (Å²) in [6, 6.07) is 5.25. The molecule has 1 aromatic carbocycles. The lowest BCUT2D eigenvalue weighted by Gasteiger charge is -2.30. The Labute approximate surface area is 141 Å². The summed E-state index contributed by atoms with van der Waals surface area (Å²) in [7, 11) is 1.55. The minimum absolute atomic E-state index is 0.128. The van der Waals surface area contributed by atoms with Crippen molar-refractivity contribution in [2.24, 2.45) is 10.9 Å². The van der Waals surface area contributed by atoms with Crippen LogP contribution in [0.25, 0.3) is 0 Å². The fourth-order valence-corrected chi connectivity index (χ4v) is 2.96. The summed E-state index contributed by atoms with van der Waals surface area (Å²) in [5.74, 6) is 2.60. The Bertz CT molecular complexity index is 814. The minimum Gasteiger partial charge on any atom is -0.495 e. The van der Waals surface area contributed by atoms with Crippen molar-refractivity contribution in [3.63, 3.8) is 0 Å². The van der Waals surface area contributed by atoms with Gasteiger partial charge < -0.3 is 15.0 Å². The number of amides is 1. The summed E-state index contributed by atoms with van der Waals surface area (Å²) in [6.07, 6.45) is 11.0. The number of nitrogens with zero attached hydrogens (tertiary/aromatic N) is 2. The molecular formula is C19H19N3O2. The lowest BCUT2D eigenvalue weighted by Crippen LogP contribution is -2.38. The van der Waals surface area contributed by atoms with Gasteiger partial charge >= 0.3 is 0 Å². The summed E-state index contributed by atoms with van der Waals surface area (Å²) in [6.45, 7) is 3.95. The summed E-state index contributed by atoms with van der Waals surface area (Å²) in [4.78, 5) is 19.3. The number of hydrogen-bond donors (Lipinski definition) is 1. The van der Waals surface area contributed by atoms with E-state index < -0.39 is 0 Å².